The van der Waals surface area contributed by atoms with Gasteiger partial charge in [-0.3, -0.25) is 9.59 Å². The third-order valence-electron chi connectivity index (χ3n) is 2.71. The summed E-state index contributed by atoms with van der Waals surface area (Å²) < 4.78 is 0. The molecule has 114 valence electrons. The summed E-state index contributed by atoms with van der Waals surface area (Å²) in [6.45, 7) is 0. The second kappa shape index (κ2) is 7.85. The van der Waals surface area contributed by atoms with Gasteiger partial charge in [0.2, 0.25) is 11.8 Å². The van der Waals surface area contributed by atoms with E-state index < -0.39 is 23.8 Å². The van der Waals surface area contributed by atoms with Crippen LogP contribution in [0.25, 0.3) is 0 Å². The maximum Gasteiger partial charge on any atom is 0.326 e. The number of hydrogen-bond acceptors (Lipinski definition) is 3. The topological polar surface area (TPSA) is 109 Å². The van der Waals surface area contributed by atoms with Crippen molar-refractivity contribution in [1.29, 1.82) is 0 Å². The van der Waals surface area contributed by atoms with Crippen molar-refractivity contribution in [2.45, 2.75) is 25.3 Å². The van der Waals surface area contributed by atoms with E-state index in [2.05, 4.69) is 5.32 Å². The summed E-state index contributed by atoms with van der Waals surface area (Å²) >= 11 is 11.9. The van der Waals surface area contributed by atoms with E-state index in [0.29, 0.717) is 15.6 Å². The van der Waals surface area contributed by atoms with Gasteiger partial charge in [-0.1, -0.05) is 29.3 Å². The van der Waals surface area contributed by atoms with Crippen LogP contribution < -0.4 is 11.1 Å². The molecule has 0 aliphatic rings. The second-order valence-corrected chi connectivity index (χ2v) is 5.15. The number of benzene rings is 1. The maximum atomic E-state index is 11.9. The number of carbonyl (C=O) groups is 3. The molecule has 21 heavy (non-hydrogen) atoms. The molecule has 1 aromatic carbocycles. The van der Waals surface area contributed by atoms with Gasteiger partial charge in [0, 0.05) is 16.5 Å². The highest BCUT2D eigenvalue weighted by Gasteiger charge is 2.21. The lowest BCUT2D eigenvalue weighted by Crippen LogP contribution is -2.42. The van der Waals surface area contributed by atoms with Crippen LogP contribution in [0.3, 0.4) is 0 Å². The number of amides is 2. The number of carboxylic acids is 1. The van der Waals surface area contributed by atoms with Crippen molar-refractivity contribution in [3.63, 3.8) is 0 Å². The maximum absolute atomic E-state index is 11.9. The van der Waals surface area contributed by atoms with Gasteiger partial charge >= 0.3 is 5.97 Å². The van der Waals surface area contributed by atoms with Gasteiger partial charge in [-0.25, -0.2) is 4.79 Å². The molecule has 8 heteroatoms. The van der Waals surface area contributed by atoms with Crippen molar-refractivity contribution in [3.8, 4) is 0 Å². The monoisotopic (exact) mass is 332 g/mol. The number of carbonyl (C=O) groups excluding carboxylic acids is 2. The molecule has 0 fully saturated rings. The van der Waals surface area contributed by atoms with Crippen LogP contribution in [0.4, 0.5) is 0 Å². The highest BCUT2D eigenvalue weighted by Crippen LogP contribution is 2.24. The molecular weight excluding hydrogens is 319 g/mol. The molecule has 1 aromatic rings. The van der Waals surface area contributed by atoms with E-state index in [1.165, 1.54) is 0 Å². The first-order valence-corrected chi connectivity index (χ1v) is 6.80. The van der Waals surface area contributed by atoms with Crippen LogP contribution in [0.2, 0.25) is 10.0 Å². The number of aliphatic carboxylic acids is 1. The number of nitrogens with two attached hydrogens (primary N) is 1. The third kappa shape index (κ3) is 5.61. The molecule has 1 rings (SSSR count). The van der Waals surface area contributed by atoms with Crippen molar-refractivity contribution in [2.75, 3.05) is 0 Å². The Hall–Kier alpha value is -1.79. The van der Waals surface area contributed by atoms with Crippen molar-refractivity contribution in [1.82, 2.24) is 5.32 Å². The minimum atomic E-state index is -1.24. The minimum Gasteiger partial charge on any atom is -0.480 e. The molecule has 0 radical (unpaired) electrons. The highest BCUT2D eigenvalue weighted by molar-refractivity contribution is 6.36. The second-order valence-electron chi connectivity index (χ2n) is 4.34. The average Bonchev–Trinajstić information content (AvgIpc) is 2.38. The van der Waals surface area contributed by atoms with Gasteiger partial charge in [0.25, 0.3) is 0 Å². The van der Waals surface area contributed by atoms with Crippen molar-refractivity contribution >= 4 is 41.0 Å². The van der Waals surface area contributed by atoms with Crippen LogP contribution in [-0.2, 0) is 20.8 Å². The summed E-state index contributed by atoms with van der Waals surface area (Å²) in [5.74, 6) is -2.43. The van der Waals surface area contributed by atoms with E-state index in [1.807, 2.05) is 0 Å². The van der Waals surface area contributed by atoms with Crippen molar-refractivity contribution in [2.24, 2.45) is 5.73 Å². The van der Waals surface area contributed by atoms with Gasteiger partial charge in [0.1, 0.15) is 6.04 Å². The van der Waals surface area contributed by atoms with Gasteiger partial charge in [0.15, 0.2) is 0 Å². The van der Waals surface area contributed by atoms with Gasteiger partial charge in [-0.05, 0) is 24.1 Å². The molecule has 0 aliphatic heterocycles. The lowest BCUT2D eigenvalue weighted by atomic mass is 10.1. The summed E-state index contributed by atoms with van der Waals surface area (Å²) in [7, 11) is 0. The first-order valence-electron chi connectivity index (χ1n) is 6.04. The predicted octanol–water partition coefficient (Wildman–Crippen LogP) is 1.37. The number of hydrogen-bond donors (Lipinski definition) is 3. The number of rotatable bonds is 7. The molecule has 6 nitrogen and oxygen atoms in total. The molecule has 1 atom stereocenters. The normalized spacial score (nSPS) is 11.7. The molecule has 0 bridgehead atoms. The molecule has 0 aliphatic carbocycles. The van der Waals surface area contributed by atoms with Gasteiger partial charge < -0.3 is 16.2 Å². The van der Waals surface area contributed by atoms with E-state index in [0.717, 1.165) is 0 Å². The SMILES string of the molecule is NC(=O)CC[C@@H](NC(=O)Cc1c(Cl)cccc1Cl)C(=O)O. The van der Waals surface area contributed by atoms with Crippen LogP contribution in [0.15, 0.2) is 18.2 Å². The lowest BCUT2D eigenvalue weighted by molar-refractivity contribution is -0.142. The molecule has 0 unspecified atom stereocenters. The average molecular weight is 333 g/mol. The van der Waals surface area contributed by atoms with Crippen LogP contribution in [-0.4, -0.2) is 28.9 Å². The van der Waals surface area contributed by atoms with E-state index in [1.54, 1.807) is 18.2 Å². The third-order valence-corrected chi connectivity index (χ3v) is 3.42. The zero-order valence-corrected chi connectivity index (χ0v) is 12.4. The summed E-state index contributed by atoms with van der Waals surface area (Å²) in [4.78, 5) is 33.6. The Morgan fingerprint density at radius 2 is 1.81 bits per heavy atom. The van der Waals surface area contributed by atoms with E-state index in [-0.39, 0.29) is 19.3 Å². The smallest absolute Gasteiger partial charge is 0.326 e. The molecule has 0 saturated heterocycles. The molecule has 0 heterocycles. The summed E-state index contributed by atoms with van der Waals surface area (Å²) in [5.41, 5.74) is 5.37. The van der Waals surface area contributed by atoms with Crippen molar-refractivity contribution in [3.05, 3.63) is 33.8 Å². The Morgan fingerprint density at radius 3 is 2.29 bits per heavy atom. The quantitative estimate of drug-likeness (QED) is 0.700. The highest BCUT2D eigenvalue weighted by atomic mass is 35.5. The zero-order chi connectivity index (χ0) is 16.0. The molecule has 0 aromatic heterocycles. The minimum absolute atomic E-state index is 0.0767. The number of primary amides is 1. The largest absolute Gasteiger partial charge is 0.480 e. The van der Waals surface area contributed by atoms with Crippen LogP contribution in [0.1, 0.15) is 18.4 Å². The van der Waals surface area contributed by atoms with Crippen LogP contribution in [0, 0.1) is 0 Å². The standard InChI is InChI=1S/C13H14Cl2N2O4/c14-8-2-1-3-9(15)7(8)6-12(19)17-10(13(20)21)4-5-11(16)18/h1-3,10H,4-6H2,(H2,16,18)(H,17,19)(H,20,21)/t10-/m1/s1. The van der Waals surface area contributed by atoms with E-state index >= 15 is 0 Å². The Kier molecular flexibility index (Phi) is 6.45. The fourth-order valence-corrected chi connectivity index (χ4v) is 2.18. The Balaban J connectivity index is 2.70. The number of nitrogens with one attached hydrogen (secondary N) is 1. The van der Waals surface area contributed by atoms with Crippen LogP contribution in [0.5, 0.6) is 0 Å². The predicted molar refractivity (Wildman–Crippen MR) is 78.2 cm³/mol. The van der Waals surface area contributed by atoms with Crippen molar-refractivity contribution < 1.29 is 19.5 Å². The first-order chi connectivity index (χ1) is 9.81. The van der Waals surface area contributed by atoms with E-state index in [9.17, 15) is 14.4 Å². The van der Waals surface area contributed by atoms with Gasteiger partial charge in [-0.2, -0.15) is 0 Å². The fourth-order valence-electron chi connectivity index (χ4n) is 1.65. The van der Waals surface area contributed by atoms with Gasteiger partial charge in [0.05, 0.1) is 6.42 Å². The Bertz CT molecular complexity index is 543. The number of carboxylic acid groups (broad SMARTS) is 1. The molecule has 0 spiro atoms. The molecule has 2 amide bonds. The van der Waals surface area contributed by atoms with E-state index in [4.69, 9.17) is 34.0 Å². The van der Waals surface area contributed by atoms with Crippen LogP contribution >= 0.6 is 23.2 Å². The summed E-state index contributed by atoms with van der Waals surface area (Å²) in [5, 5.41) is 11.9. The lowest BCUT2D eigenvalue weighted by Gasteiger charge is -2.14. The zero-order valence-electron chi connectivity index (χ0n) is 10.9. The Labute approximate surface area is 131 Å². The number of halogens is 2. The summed E-state index contributed by atoms with van der Waals surface area (Å²) in [6, 6.07) is 3.61. The molecule has 0 saturated carbocycles. The molecular formula is C13H14Cl2N2O4. The molecule has 4 N–H and O–H groups in total. The fraction of sp³-hybridized carbons (Fsp3) is 0.308. The Morgan fingerprint density at radius 1 is 1.24 bits per heavy atom. The van der Waals surface area contributed by atoms with Gasteiger partial charge in [-0.15, -0.1) is 0 Å². The summed E-state index contributed by atoms with van der Waals surface area (Å²) in [6.07, 6.45) is -0.365. The first kappa shape index (κ1) is 17.3.